The Labute approximate surface area is 239 Å². The lowest BCUT2D eigenvalue weighted by atomic mass is 9.87. The summed E-state index contributed by atoms with van der Waals surface area (Å²) < 4.78 is 24.2. The fourth-order valence-electron chi connectivity index (χ4n) is 5.49. The summed E-state index contributed by atoms with van der Waals surface area (Å²) in [4.78, 5) is 29.0. The van der Waals surface area contributed by atoms with Gasteiger partial charge in [0.05, 0.1) is 26.1 Å². The molecule has 7 nitrogen and oxygen atoms in total. The van der Waals surface area contributed by atoms with Gasteiger partial charge in [0.25, 0.3) is 0 Å². The molecule has 212 valence electrons. The van der Waals surface area contributed by atoms with E-state index in [2.05, 4.69) is 33.7 Å². The van der Waals surface area contributed by atoms with E-state index in [1.807, 2.05) is 42.5 Å². The average Bonchev–Trinajstić information content (AvgIpc) is 3.00. The molecule has 0 saturated carbocycles. The van der Waals surface area contributed by atoms with Crippen molar-refractivity contribution in [2.24, 2.45) is 11.8 Å². The van der Waals surface area contributed by atoms with Gasteiger partial charge in [0, 0.05) is 31.9 Å². The second kappa shape index (κ2) is 12.8. The molecule has 8 heteroatoms. The van der Waals surface area contributed by atoms with Crippen LogP contribution in [0.25, 0.3) is 10.8 Å². The number of ether oxygens (including phenoxy) is 2. The van der Waals surface area contributed by atoms with Crippen LogP contribution in [0.2, 0.25) is 0 Å². The first-order valence-electron chi connectivity index (χ1n) is 13.7. The quantitative estimate of drug-likeness (QED) is 0.290. The van der Waals surface area contributed by atoms with Gasteiger partial charge in [0.1, 0.15) is 5.82 Å². The molecule has 4 aromatic rings. The van der Waals surface area contributed by atoms with Gasteiger partial charge in [-0.2, -0.15) is 0 Å². The number of carbonyl (C=O) groups excluding carboxylic acids is 2. The van der Waals surface area contributed by atoms with E-state index in [9.17, 15) is 14.0 Å². The summed E-state index contributed by atoms with van der Waals surface area (Å²) in [7, 11) is 3.18. The van der Waals surface area contributed by atoms with Crippen LogP contribution in [0.5, 0.6) is 11.5 Å². The highest BCUT2D eigenvalue weighted by molar-refractivity contribution is 5.93. The lowest BCUT2D eigenvalue weighted by Gasteiger charge is -2.36. The van der Waals surface area contributed by atoms with Crippen LogP contribution in [0.4, 0.5) is 10.1 Å². The smallest absolute Gasteiger partial charge is 0.228 e. The van der Waals surface area contributed by atoms with Crippen LogP contribution < -0.4 is 20.1 Å². The van der Waals surface area contributed by atoms with E-state index in [-0.39, 0.29) is 23.5 Å². The van der Waals surface area contributed by atoms with Crippen molar-refractivity contribution in [3.8, 4) is 11.5 Å². The van der Waals surface area contributed by atoms with Crippen LogP contribution >= 0.6 is 0 Å². The molecule has 0 aliphatic carbocycles. The Morgan fingerprint density at radius 3 is 2.32 bits per heavy atom. The number of fused-ring (bicyclic) bond motifs is 1. The lowest BCUT2D eigenvalue weighted by molar-refractivity contribution is -0.130. The lowest BCUT2D eigenvalue weighted by Crippen LogP contribution is -2.48. The van der Waals surface area contributed by atoms with E-state index in [4.69, 9.17) is 9.47 Å². The first-order valence-corrected chi connectivity index (χ1v) is 13.7. The third-order valence-electron chi connectivity index (χ3n) is 7.57. The number of hydrogen-bond acceptors (Lipinski definition) is 5. The molecular formula is C33H34FN3O4. The normalized spacial score (nSPS) is 17.1. The second-order valence-corrected chi connectivity index (χ2v) is 10.4. The predicted octanol–water partition coefficient (Wildman–Crippen LogP) is 5.39. The number of amides is 2. The predicted molar refractivity (Wildman–Crippen MR) is 157 cm³/mol. The molecule has 4 aromatic carbocycles. The molecule has 41 heavy (non-hydrogen) atoms. The maximum atomic E-state index is 13.5. The van der Waals surface area contributed by atoms with E-state index in [0.29, 0.717) is 49.8 Å². The third kappa shape index (κ3) is 6.84. The number of rotatable bonds is 9. The molecule has 1 heterocycles. The fourth-order valence-corrected chi connectivity index (χ4v) is 5.49. The van der Waals surface area contributed by atoms with E-state index in [1.165, 1.54) is 24.3 Å². The zero-order chi connectivity index (χ0) is 28.8. The van der Waals surface area contributed by atoms with Gasteiger partial charge in [-0.25, -0.2) is 4.39 Å². The van der Waals surface area contributed by atoms with Gasteiger partial charge < -0.3 is 20.1 Å². The van der Waals surface area contributed by atoms with Crippen molar-refractivity contribution in [3.05, 3.63) is 102 Å². The van der Waals surface area contributed by atoms with Crippen LogP contribution in [0.1, 0.15) is 17.5 Å². The van der Waals surface area contributed by atoms with E-state index in [0.717, 1.165) is 21.9 Å². The number of nitrogens with zero attached hydrogens (tertiary/aromatic N) is 1. The summed E-state index contributed by atoms with van der Waals surface area (Å²) >= 11 is 0. The molecular weight excluding hydrogens is 521 g/mol. The van der Waals surface area contributed by atoms with Crippen molar-refractivity contribution in [2.75, 3.05) is 32.6 Å². The molecule has 2 amide bonds. The number of hydrogen-bond donors (Lipinski definition) is 2. The number of anilines is 1. The van der Waals surface area contributed by atoms with Gasteiger partial charge in [-0.3, -0.25) is 14.5 Å². The molecule has 1 aliphatic heterocycles. The molecule has 1 aliphatic rings. The molecule has 1 saturated heterocycles. The van der Waals surface area contributed by atoms with Gasteiger partial charge >= 0.3 is 0 Å². The summed E-state index contributed by atoms with van der Waals surface area (Å²) in [6.45, 7) is 1.93. The van der Waals surface area contributed by atoms with E-state index >= 15 is 0 Å². The summed E-state index contributed by atoms with van der Waals surface area (Å²) in [6, 6.07) is 25.6. The summed E-state index contributed by atoms with van der Waals surface area (Å²) in [5.74, 6) is -0.209. The minimum Gasteiger partial charge on any atom is -0.493 e. The van der Waals surface area contributed by atoms with Gasteiger partial charge in [0.2, 0.25) is 11.8 Å². The van der Waals surface area contributed by atoms with Gasteiger partial charge in [-0.15, -0.1) is 0 Å². The van der Waals surface area contributed by atoms with Crippen molar-refractivity contribution >= 4 is 28.3 Å². The van der Waals surface area contributed by atoms with E-state index < -0.39 is 5.92 Å². The molecule has 0 spiro atoms. The fraction of sp³-hybridized carbons (Fsp3) is 0.273. The Morgan fingerprint density at radius 2 is 1.56 bits per heavy atom. The molecule has 2 N–H and O–H groups in total. The SMILES string of the molecule is COc1ccc(CN2C[C@@H](C(=O)NCc3cccc4ccccc34)C[C@@H](C(=O)Nc3ccc(F)cc3)C2)cc1OC. The van der Waals surface area contributed by atoms with Crippen molar-refractivity contribution < 1.29 is 23.5 Å². The van der Waals surface area contributed by atoms with Crippen molar-refractivity contribution in [2.45, 2.75) is 19.5 Å². The number of carbonyl (C=O) groups is 2. The maximum absolute atomic E-state index is 13.5. The highest BCUT2D eigenvalue weighted by Gasteiger charge is 2.35. The van der Waals surface area contributed by atoms with Gasteiger partial charge in [-0.05, 0) is 64.7 Å². The topological polar surface area (TPSA) is 79.9 Å². The Bertz CT molecular complexity index is 1520. The molecule has 0 aromatic heterocycles. The highest BCUT2D eigenvalue weighted by atomic mass is 19.1. The number of methoxy groups -OCH3 is 2. The first-order chi connectivity index (χ1) is 19.9. The third-order valence-corrected chi connectivity index (χ3v) is 7.57. The number of piperidine rings is 1. The summed E-state index contributed by atoms with van der Waals surface area (Å²) in [5, 5.41) is 8.24. The standard InChI is InChI=1S/C33H34FN3O4/c1-40-30-15-10-22(16-31(30)41-2)19-37-20-25(17-26(21-37)33(39)36-28-13-11-27(34)12-14-28)32(38)35-18-24-8-5-7-23-6-3-4-9-29(23)24/h3-16,25-26H,17-21H2,1-2H3,(H,35,38)(H,36,39)/t25-,26+/m0/s1. The summed E-state index contributed by atoms with van der Waals surface area (Å²) in [5.41, 5.74) is 2.54. The van der Waals surface area contributed by atoms with Gasteiger partial charge in [-0.1, -0.05) is 48.5 Å². The number of halogens is 1. The van der Waals surface area contributed by atoms with E-state index in [1.54, 1.807) is 14.2 Å². The van der Waals surface area contributed by atoms with Crippen molar-refractivity contribution in [3.63, 3.8) is 0 Å². The van der Waals surface area contributed by atoms with Gasteiger partial charge in [0.15, 0.2) is 11.5 Å². The molecule has 0 unspecified atom stereocenters. The van der Waals surface area contributed by atoms with Crippen LogP contribution in [0, 0.1) is 17.7 Å². The minimum absolute atomic E-state index is 0.0884. The van der Waals surface area contributed by atoms with Crippen LogP contribution in [-0.2, 0) is 22.7 Å². The Balaban J connectivity index is 1.32. The Hall–Kier alpha value is -4.43. The molecule has 1 fully saturated rings. The number of likely N-dealkylation sites (tertiary alicyclic amines) is 1. The van der Waals surface area contributed by atoms with Crippen molar-refractivity contribution in [1.82, 2.24) is 10.2 Å². The molecule has 5 rings (SSSR count). The second-order valence-electron chi connectivity index (χ2n) is 10.4. The Kier molecular flexibility index (Phi) is 8.79. The minimum atomic E-state index is -0.428. The maximum Gasteiger partial charge on any atom is 0.228 e. The van der Waals surface area contributed by atoms with Crippen LogP contribution in [0.3, 0.4) is 0 Å². The Morgan fingerprint density at radius 1 is 0.854 bits per heavy atom. The van der Waals surface area contributed by atoms with Crippen LogP contribution in [0.15, 0.2) is 84.9 Å². The average molecular weight is 556 g/mol. The molecule has 0 radical (unpaired) electrons. The zero-order valence-corrected chi connectivity index (χ0v) is 23.2. The van der Waals surface area contributed by atoms with Crippen LogP contribution in [-0.4, -0.2) is 44.0 Å². The largest absolute Gasteiger partial charge is 0.493 e. The van der Waals surface area contributed by atoms with Crippen molar-refractivity contribution in [1.29, 1.82) is 0 Å². The number of nitrogens with one attached hydrogen (secondary N) is 2. The molecule has 0 bridgehead atoms. The number of benzene rings is 4. The zero-order valence-electron chi connectivity index (χ0n) is 23.2. The monoisotopic (exact) mass is 555 g/mol. The first kappa shape index (κ1) is 28.1. The summed E-state index contributed by atoms with van der Waals surface area (Å²) in [6.07, 6.45) is 0.414. The highest BCUT2D eigenvalue weighted by Crippen LogP contribution is 2.30. The molecule has 2 atom stereocenters.